The molecule has 0 unspecified atom stereocenters. The van der Waals surface area contributed by atoms with E-state index in [-0.39, 0.29) is 29.0 Å². The molecule has 0 aliphatic carbocycles. The molecule has 0 bridgehead atoms. The molecule has 0 spiro atoms. The van der Waals surface area contributed by atoms with Crippen LogP contribution in [0.1, 0.15) is 19.3 Å². The number of hydrogen-bond donors (Lipinski definition) is 1. The number of carbonyl (C=O) groups is 2. The van der Waals surface area contributed by atoms with Crippen molar-refractivity contribution in [1.29, 1.82) is 0 Å². The van der Waals surface area contributed by atoms with Crippen LogP contribution in [0.15, 0.2) is 52.3 Å². The van der Waals surface area contributed by atoms with Gasteiger partial charge in [0.15, 0.2) is 0 Å². The van der Waals surface area contributed by atoms with E-state index in [1.54, 1.807) is 43.5 Å². The highest BCUT2D eigenvalue weighted by molar-refractivity contribution is 8.00. The SMILES string of the molecule is COc1ccc(NC(=O)CN2C(=O)CSc3ccc(S(=O)(=O)N4CCCCC4)cc32)cc1. The minimum atomic E-state index is -3.65. The summed E-state index contributed by atoms with van der Waals surface area (Å²) < 4.78 is 32.8. The second-order valence-corrected chi connectivity index (χ2v) is 10.6. The summed E-state index contributed by atoms with van der Waals surface area (Å²) in [4.78, 5) is 27.6. The predicted octanol–water partition coefficient (Wildman–Crippen LogP) is 2.95. The molecule has 1 saturated heterocycles. The van der Waals surface area contributed by atoms with Crippen molar-refractivity contribution in [3.05, 3.63) is 42.5 Å². The van der Waals surface area contributed by atoms with Gasteiger partial charge < -0.3 is 15.0 Å². The normalized spacial score (nSPS) is 17.0. The number of anilines is 2. The van der Waals surface area contributed by atoms with Crippen LogP contribution < -0.4 is 15.0 Å². The van der Waals surface area contributed by atoms with Crippen molar-refractivity contribution in [2.75, 3.05) is 42.7 Å². The van der Waals surface area contributed by atoms with Crippen LogP contribution in [-0.2, 0) is 19.6 Å². The zero-order chi connectivity index (χ0) is 22.7. The Hall–Kier alpha value is -2.56. The van der Waals surface area contributed by atoms with Gasteiger partial charge in [-0.2, -0.15) is 4.31 Å². The number of fused-ring (bicyclic) bond motifs is 1. The molecule has 0 saturated carbocycles. The number of nitrogens with zero attached hydrogens (tertiary/aromatic N) is 2. The number of piperidine rings is 1. The Bertz CT molecular complexity index is 1110. The molecule has 32 heavy (non-hydrogen) atoms. The summed E-state index contributed by atoms with van der Waals surface area (Å²) >= 11 is 1.35. The molecule has 2 amide bonds. The first-order chi connectivity index (χ1) is 15.4. The summed E-state index contributed by atoms with van der Waals surface area (Å²) in [5, 5.41) is 2.77. The lowest BCUT2D eigenvalue weighted by atomic mass is 10.2. The number of ether oxygens (including phenoxy) is 1. The first-order valence-corrected chi connectivity index (χ1v) is 12.8. The molecule has 4 rings (SSSR count). The van der Waals surface area contributed by atoms with Gasteiger partial charge >= 0.3 is 0 Å². The van der Waals surface area contributed by atoms with Gasteiger partial charge in [-0.3, -0.25) is 9.59 Å². The average molecular weight is 476 g/mol. The molecule has 2 aliphatic rings. The average Bonchev–Trinajstić information content (AvgIpc) is 2.81. The summed E-state index contributed by atoms with van der Waals surface area (Å²) in [5.41, 5.74) is 1.03. The molecule has 0 radical (unpaired) electrons. The summed E-state index contributed by atoms with van der Waals surface area (Å²) in [6, 6.07) is 11.7. The van der Waals surface area contributed by atoms with Crippen LogP contribution in [0.2, 0.25) is 0 Å². The summed E-state index contributed by atoms with van der Waals surface area (Å²) in [5.74, 6) is 0.259. The molecular formula is C22H25N3O5S2. The van der Waals surface area contributed by atoms with E-state index in [1.165, 1.54) is 27.0 Å². The van der Waals surface area contributed by atoms with Crippen LogP contribution >= 0.6 is 11.8 Å². The number of thioether (sulfide) groups is 1. The fourth-order valence-corrected chi connectivity index (χ4v) is 6.24. The van der Waals surface area contributed by atoms with Crippen LogP contribution in [0, 0.1) is 0 Å². The first kappa shape index (κ1) is 22.6. The molecule has 1 fully saturated rings. The van der Waals surface area contributed by atoms with Gasteiger partial charge in [-0.05, 0) is 55.3 Å². The monoisotopic (exact) mass is 475 g/mol. The minimum Gasteiger partial charge on any atom is -0.497 e. The Balaban J connectivity index is 1.55. The number of carbonyl (C=O) groups excluding carboxylic acids is 2. The van der Waals surface area contributed by atoms with Gasteiger partial charge in [0.05, 0.1) is 23.4 Å². The standard InChI is InChI=1S/C22H25N3O5S2/c1-30-17-7-5-16(6-8-17)23-21(26)14-25-19-13-18(9-10-20(19)31-15-22(25)27)32(28,29)24-11-3-2-4-12-24/h5-10,13H,2-4,11-12,14-15H2,1H3,(H,23,26). The largest absolute Gasteiger partial charge is 0.497 e. The Labute approximate surface area is 192 Å². The first-order valence-electron chi connectivity index (χ1n) is 10.4. The van der Waals surface area contributed by atoms with Crippen LogP contribution in [0.25, 0.3) is 0 Å². The molecule has 2 heterocycles. The molecule has 0 aromatic heterocycles. The van der Waals surface area contributed by atoms with Crippen molar-refractivity contribution in [1.82, 2.24) is 4.31 Å². The highest BCUT2D eigenvalue weighted by Gasteiger charge is 2.31. The van der Waals surface area contributed by atoms with Crippen molar-refractivity contribution < 1.29 is 22.7 Å². The van der Waals surface area contributed by atoms with E-state index in [0.29, 0.717) is 30.2 Å². The number of rotatable bonds is 6. The number of nitrogens with one attached hydrogen (secondary N) is 1. The Morgan fingerprint density at radius 1 is 1.09 bits per heavy atom. The quantitative estimate of drug-likeness (QED) is 0.690. The van der Waals surface area contributed by atoms with Gasteiger partial charge in [-0.1, -0.05) is 6.42 Å². The Morgan fingerprint density at radius 3 is 2.50 bits per heavy atom. The number of sulfonamides is 1. The van der Waals surface area contributed by atoms with E-state index >= 15 is 0 Å². The van der Waals surface area contributed by atoms with E-state index in [4.69, 9.17) is 4.74 Å². The van der Waals surface area contributed by atoms with Crippen molar-refractivity contribution in [3.8, 4) is 5.75 Å². The van der Waals surface area contributed by atoms with Crippen LogP contribution in [0.4, 0.5) is 11.4 Å². The third-order valence-corrected chi connectivity index (χ3v) is 8.44. The molecule has 2 aromatic carbocycles. The van der Waals surface area contributed by atoms with E-state index in [9.17, 15) is 18.0 Å². The molecule has 1 N–H and O–H groups in total. The Morgan fingerprint density at radius 2 is 1.81 bits per heavy atom. The second kappa shape index (κ2) is 9.51. The summed E-state index contributed by atoms with van der Waals surface area (Å²) in [7, 11) is -2.09. The molecule has 2 aromatic rings. The van der Waals surface area contributed by atoms with Gasteiger partial charge in [-0.25, -0.2) is 8.42 Å². The van der Waals surface area contributed by atoms with Crippen molar-refractivity contribution in [2.24, 2.45) is 0 Å². The lowest BCUT2D eigenvalue weighted by molar-refractivity contribution is -0.120. The third kappa shape index (κ3) is 4.77. The molecular weight excluding hydrogens is 450 g/mol. The van der Waals surface area contributed by atoms with Crippen LogP contribution in [-0.4, -0.2) is 57.0 Å². The molecule has 10 heteroatoms. The number of benzene rings is 2. The molecule has 2 aliphatic heterocycles. The van der Waals surface area contributed by atoms with E-state index in [1.807, 2.05) is 0 Å². The van der Waals surface area contributed by atoms with Gasteiger partial charge in [0, 0.05) is 23.7 Å². The minimum absolute atomic E-state index is 0.147. The van der Waals surface area contributed by atoms with E-state index in [2.05, 4.69) is 5.32 Å². The lowest BCUT2D eigenvalue weighted by Crippen LogP contribution is -2.41. The highest BCUT2D eigenvalue weighted by atomic mass is 32.2. The van der Waals surface area contributed by atoms with Crippen LogP contribution in [0.3, 0.4) is 0 Å². The fraction of sp³-hybridized carbons (Fsp3) is 0.364. The lowest BCUT2D eigenvalue weighted by Gasteiger charge is -2.30. The zero-order valence-electron chi connectivity index (χ0n) is 17.7. The molecule has 0 atom stereocenters. The smallest absolute Gasteiger partial charge is 0.244 e. The highest BCUT2D eigenvalue weighted by Crippen LogP contribution is 2.37. The number of amides is 2. The fourth-order valence-electron chi connectivity index (χ4n) is 3.79. The van der Waals surface area contributed by atoms with Gasteiger partial charge in [0.2, 0.25) is 21.8 Å². The number of methoxy groups -OCH3 is 1. The van der Waals surface area contributed by atoms with Crippen molar-refractivity contribution >= 4 is 45.0 Å². The second-order valence-electron chi connectivity index (χ2n) is 7.64. The van der Waals surface area contributed by atoms with Gasteiger partial charge in [0.1, 0.15) is 12.3 Å². The maximum atomic E-state index is 13.1. The van der Waals surface area contributed by atoms with E-state index in [0.717, 1.165) is 24.2 Å². The third-order valence-electron chi connectivity index (χ3n) is 5.50. The Kier molecular flexibility index (Phi) is 6.73. The van der Waals surface area contributed by atoms with Gasteiger partial charge in [0.25, 0.3) is 0 Å². The topological polar surface area (TPSA) is 96.0 Å². The summed E-state index contributed by atoms with van der Waals surface area (Å²) in [6.45, 7) is 0.799. The van der Waals surface area contributed by atoms with Gasteiger partial charge in [-0.15, -0.1) is 11.8 Å². The van der Waals surface area contributed by atoms with Crippen LogP contribution in [0.5, 0.6) is 5.75 Å². The van der Waals surface area contributed by atoms with E-state index < -0.39 is 10.0 Å². The molecule has 8 nitrogen and oxygen atoms in total. The maximum absolute atomic E-state index is 13.1. The molecule has 170 valence electrons. The zero-order valence-corrected chi connectivity index (χ0v) is 19.4. The maximum Gasteiger partial charge on any atom is 0.244 e. The van der Waals surface area contributed by atoms with Crippen molar-refractivity contribution in [3.63, 3.8) is 0 Å². The van der Waals surface area contributed by atoms with Crippen molar-refractivity contribution in [2.45, 2.75) is 29.1 Å². The summed E-state index contributed by atoms with van der Waals surface area (Å²) in [6.07, 6.45) is 2.71. The number of hydrogen-bond acceptors (Lipinski definition) is 6. The predicted molar refractivity (Wildman–Crippen MR) is 124 cm³/mol.